The highest BCUT2D eigenvalue weighted by molar-refractivity contribution is 6.52. The van der Waals surface area contributed by atoms with E-state index in [2.05, 4.69) is 0 Å². The lowest BCUT2D eigenvalue weighted by Gasteiger charge is -2.26. The van der Waals surface area contributed by atoms with Gasteiger partial charge >= 0.3 is 0 Å². The fourth-order valence-electron chi connectivity index (χ4n) is 5.05. The molecular formula is C30H27ClN2O5. The van der Waals surface area contributed by atoms with E-state index in [1.807, 2.05) is 74.1 Å². The average Bonchev–Trinajstić information content (AvgIpc) is 3.38. The lowest BCUT2D eigenvalue weighted by atomic mass is 9.94. The summed E-state index contributed by atoms with van der Waals surface area (Å²) in [5.74, 6) is -1.37. The molecule has 0 aliphatic carbocycles. The molecule has 1 saturated heterocycles. The third-order valence-corrected chi connectivity index (χ3v) is 7.46. The number of aryl methyl sites for hydroxylation is 3. The second-order valence-corrected chi connectivity index (χ2v) is 9.74. The van der Waals surface area contributed by atoms with Crippen LogP contribution in [0.2, 0.25) is 5.02 Å². The number of rotatable bonds is 5. The van der Waals surface area contributed by atoms with Gasteiger partial charge in [0.25, 0.3) is 11.7 Å². The van der Waals surface area contributed by atoms with E-state index in [-0.39, 0.29) is 27.7 Å². The minimum atomic E-state index is -0.894. The molecule has 5 rings (SSSR count). The summed E-state index contributed by atoms with van der Waals surface area (Å²) in [5, 5.41) is 12.8. The molecule has 0 saturated carbocycles. The number of methoxy groups -OCH3 is 2. The third-order valence-electron chi connectivity index (χ3n) is 7.16. The van der Waals surface area contributed by atoms with Gasteiger partial charge in [0.15, 0.2) is 0 Å². The number of ether oxygens (including phenoxy) is 2. The molecule has 1 aliphatic rings. The Hall–Kier alpha value is -4.23. The number of hydrogen-bond acceptors (Lipinski definition) is 5. The zero-order valence-corrected chi connectivity index (χ0v) is 22.5. The Morgan fingerprint density at radius 3 is 2.34 bits per heavy atom. The summed E-state index contributed by atoms with van der Waals surface area (Å²) in [6, 6.07) is 15.5. The summed E-state index contributed by atoms with van der Waals surface area (Å²) in [4.78, 5) is 28.8. The van der Waals surface area contributed by atoms with Crippen LogP contribution in [0.25, 0.3) is 16.7 Å². The summed E-state index contributed by atoms with van der Waals surface area (Å²) in [5.41, 5.74) is 4.38. The molecule has 3 aromatic carbocycles. The van der Waals surface area contributed by atoms with E-state index in [9.17, 15) is 14.7 Å². The van der Waals surface area contributed by atoms with Crippen molar-refractivity contribution < 1.29 is 24.2 Å². The first-order valence-corrected chi connectivity index (χ1v) is 12.4. The van der Waals surface area contributed by atoms with Gasteiger partial charge in [-0.15, -0.1) is 0 Å². The summed E-state index contributed by atoms with van der Waals surface area (Å²) < 4.78 is 12.8. The molecule has 1 N–H and O–H groups in total. The normalized spacial score (nSPS) is 16.9. The van der Waals surface area contributed by atoms with Gasteiger partial charge in [0.05, 0.1) is 36.4 Å². The van der Waals surface area contributed by atoms with Crippen LogP contribution < -0.4 is 14.4 Å². The Kier molecular flexibility index (Phi) is 6.41. The highest BCUT2D eigenvalue weighted by Crippen LogP contribution is 2.46. The maximum atomic E-state index is 13.7. The third kappa shape index (κ3) is 3.90. The Morgan fingerprint density at radius 1 is 0.947 bits per heavy atom. The van der Waals surface area contributed by atoms with E-state index in [1.54, 1.807) is 0 Å². The maximum absolute atomic E-state index is 13.7. The number of aliphatic hydroxyl groups excluding tert-OH is 1. The number of para-hydroxylation sites is 1. The number of aromatic nitrogens is 1. The SMILES string of the molecule is COc1cc(/C(O)=C2\C(=O)C(=O)N(c3ccc(C)c(C)c3)C2c2cn(C)c3ccccc23)c(OC)cc1Cl. The Bertz CT molecular complexity index is 1650. The monoisotopic (exact) mass is 530 g/mol. The number of benzene rings is 3. The lowest BCUT2D eigenvalue weighted by molar-refractivity contribution is -0.132. The van der Waals surface area contributed by atoms with E-state index < -0.39 is 17.7 Å². The molecule has 8 heteroatoms. The van der Waals surface area contributed by atoms with Crippen molar-refractivity contribution in [3.05, 3.63) is 93.6 Å². The molecule has 1 unspecified atom stereocenters. The number of carbonyl (C=O) groups excluding carboxylic acids is 2. The average molecular weight is 531 g/mol. The molecule has 38 heavy (non-hydrogen) atoms. The molecular weight excluding hydrogens is 504 g/mol. The number of Topliss-reactive ketones (excluding diaryl/α,β-unsaturated/α-hetero) is 1. The van der Waals surface area contributed by atoms with Crippen LogP contribution >= 0.6 is 11.6 Å². The van der Waals surface area contributed by atoms with Crippen molar-refractivity contribution >= 4 is 45.6 Å². The van der Waals surface area contributed by atoms with Gasteiger partial charge in [0.1, 0.15) is 17.3 Å². The van der Waals surface area contributed by atoms with Gasteiger partial charge in [-0.3, -0.25) is 14.5 Å². The van der Waals surface area contributed by atoms with Gasteiger partial charge < -0.3 is 19.1 Å². The number of carbonyl (C=O) groups is 2. The van der Waals surface area contributed by atoms with E-state index >= 15 is 0 Å². The first-order valence-electron chi connectivity index (χ1n) is 12.0. The highest BCUT2D eigenvalue weighted by atomic mass is 35.5. The van der Waals surface area contributed by atoms with Crippen molar-refractivity contribution in [1.82, 2.24) is 4.57 Å². The van der Waals surface area contributed by atoms with E-state index in [0.29, 0.717) is 17.0 Å². The molecule has 0 spiro atoms. The van der Waals surface area contributed by atoms with E-state index in [1.165, 1.54) is 31.3 Å². The van der Waals surface area contributed by atoms with Crippen molar-refractivity contribution in [2.24, 2.45) is 7.05 Å². The van der Waals surface area contributed by atoms with Gasteiger partial charge in [-0.05, 0) is 49.2 Å². The van der Waals surface area contributed by atoms with Crippen LogP contribution in [0.1, 0.15) is 28.3 Å². The van der Waals surface area contributed by atoms with Crippen molar-refractivity contribution in [3.8, 4) is 11.5 Å². The minimum Gasteiger partial charge on any atom is -0.507 e. The van der Waals surface area contributed by atoms with Crippen LogP contribution in [0.4, 0.5) is 5.69 Å². The first-order chi connectivity index (χ1) is 18.2. The Balaban J connectivity index is 1.84. The number of hydrogen-bond donors (Lipinski definition) is 1. The van der Waals surface area contributed by atoms with Crippen LogP contribution in [0, 0.1) is 13.8 Å². The fourth-order valence-corrected chi connectivity index (χ4v) is 5.28. The van der Waals surface area contributed by atoms with Crippen molar-refractivity contribution in [2.75, 3.05) is 19.1 Å². The summed E-state index contributed by atoms with van der Waals surface area (Å²) in [6.07, 6.45) is 1.89. The quantitative estimate of drug-likeness (QED) is 0.192. The second kappa shape index (κ2) is 9.58. The molecule has 194 valence electrons. The molecule has 1 amide bonds. The zero-order chi connectivity index (χ0) is 27.3. The van der Waals surface area contributed by atoms with Gasteiger partial charge in [-0.1, -0.05) is 35.9 Å². The van der Waals surface area contributed by atoms with E-state index in [0.717, 1.165) is 22.0 Å². The summed E-state index contributed by atoms with van der Waals surface area (Å²) in [7, 11) is 4.79. The molecule has 2 heterocycles. The van der Waals surface area contributed by atoms with Crippen LogP contribution in [-0.2, 0) is 16.6 Å². The van der Waals surface area contributed by atoms with Gasteiger partial charge in [0, 0.05) is 41.5 Å². The topological polar surface area (TPSA) is 81.0 Å². The fraction of sp³-hybridized carbons (Fsp3) is 0.200. The van der Waals surface area contributed by atoms with Gasteiger partial charge in [-0.2, -0.15) is 0 Å². The molecule has 1 aliphatic heterocycles. The van der Waals surface area contributed by atoms with Crippen LogP contribution in [-0.4, -0.2) is 35.6 Å². The highest BCUT2D eigenvalue weighted by Gasteiger charge is 2.48. The standard InChI is InChI=1S/C30H27ClN2O5/c1-16-10-11-18(12-17(16)2)33-27(21-15-32(3)23-9-7-6-8-19(21)23)26(29(35)30(33)36)28(34)20-13-25(38-5)22(31)14-24(20)37-4/h6-15,27,34H,1-5H3/b28-26+. The smallest absolute Gasteiger partial charge is 0.300 e. The largest absolute Gasteiger partial charge is 0.507 e. The lowest BCUT2D eigenvalue weighted by Crippen LogP contribution is -2.29. The van der Waals surface area contributed by atoms with Gasteiger partial charge in [0.2, 0.25) is 0 Å². The number of ketones is 1. The zero-order valence-electron chi connectivity index (χ0n) is 21.7. The summed E-state index contributed by atoms with van der Waals surface area (Å²) in [6.45, 7) is 3.93. The van der Waals surface area contributed by atoms with Crippen molar-refractivity contribution in [1.29, 1.82) is 0 Å². The number of amides is 1. The summed E-state index contributed by atoms with van der Waals surface area (Å²) >= 11 is 6.29. The van der Waals surface area contributed by atoms with Crippen LogP contribution in [0.5, 0.6) is 11.5 Å². The van der Waals surface area contributed by atoms with Crippen LogP contribution in [0.3, 0.4) is 0 Å². The van der Waals surface area contributed by atoms with Crippen molar-refractivity contribution in [3.63, 3.8) is 0 Å². The predicted octanol–water partition coefficient (Wildman–Crippen LogP) is 6.09. The number of nitrogens with zero attached hydrogens (tertiary/aromatic N) is 2. The predicted molar refractivity (Wildman–Crippen MR) is 148 cm³/mol. The molecule has 1 atom stereocenters. The number of anilines is 1. The molecule has 1 fully saturated rings. The molecule has 0 radical (unpaired) electrons. The van der Waals surface area contributed by atoms with Gasteiger partial charge in [-0.25, -0.2) is 0 Å². The van der Waals surface area contributed by atoms with Crippen LogP contribution in [0.15, 0.2) is 66.4 Å². The van der Waals surface area contributed by atoms with Crippen molar-refractivity contribution in [2.45, 2.75) is 19.9 Å². The number of aliphatic hydroxyl groups is 1. The maximum Gasteiger partial charge on any atom is 0.300 e. The molecule has 0 bridgehead atoms. The van der Waals surface area contributed by atoms with E-state index in [4.69, 9.17) is 21.1 Å². The molecule has 1 aromatic heterocycles. The Labute approximate surface area is 225 Å². The molecule has 7 nitrogen and oxygen atoms in total. The second-order valence-electron chi connectivity index (χ2n) is 9.34. The molecule has 4 aromatic rings. The first kappa shape index (κ1) is 25.4. The number of halogens is 1. The number of fused-ring (bicyclic) bond motifs is 1. The minimum absolute atomic E-state index is 0.0488. The Morgan fingerprint density at radius 2 is 1.66 bits per heavy atom.